The summed E-state index contributed by atoms with van der Waals surface area (Å²) >= 11 is 6.44. The Labute approximate surface area is 219 Å². The van der Waals surface area contributed by atoms with Crippen molar-refractivity contribution in [1.29, 1.82) is 0 Å². The summed E-state index contributed by atoms with van der Waals surface area (Å²) < 4.78 is 22.0. The average Bonchev–Trinajstić information content (AvgIpc) is 3.37. The first-order valence-electron chi connectivity index (χ1n) is 11.9. The zero-order valence-electron chi connectivity index (χ0n) is 20.9. The number of anilines is 1. The molecule has 2 aromatic carbocycles. The van der Waals surface area contributed by atoms with Crippen molar-refractivity contribution in [3.63, 3.8) is 0 Å². The highest BCUT2D eigenvalue weighted by Gasteiger charge is 2.60. The minimum absolute atomic E-state index is 0.0740. The molecule has 2 N–H and O–H groups in total. The number of rotatable bonds is 7. The van der Waals surface area contributed by atoms with E-state index in [-0.39, 0.29) is 39.7 Å². The van der Waals surface area contributed by atoms with Gasteiger partial charge in [-0.15, -0.1) is 0 Å². The monoisotopic (exact) mass is 526 g/mol. The number of methoxy groups -OCH3 is 3. The van der Waals surface area contributed by atoms with Crippen molar-refractivity contribution < 1.29 is 33.3 Å². The number of halogens is 1. The molecule has 1 aliphatic carbocycles. The van der Waals surface area contributed by atoms with Gasteiger partial charge >= 0.3 is 0 Å². The quantitative estimate of drug-likeness (QED) is 0.523. The Hall–Kier alpha value is -3.72. The summed E-state index contributed by atoms with van der Waals surface area (Å²) in [7, 11) is 4.45. The summed E-state index contributed by atoms with van der Waals surface area (Å²) in [5.41, 5.74) is 0.754. The molecule has 2 aromatic rings. The maximum Gasteiger partial charge on any atom is 0.236 e. The van der Waals surface area contributed by atoms with E-state index in [0.717, 1.165) is 11.3 Å². The lowest BCUT2D eigenvalue weighted by Crippen LogP contribution is -2.55. The van der Waals surface area contributed by atoms with Crippen molar-refractivity contribution in [2.24, 2.45) is 5.92 Å². The van der Waals surface area contributed by atoms with Crippen molar-refractivity contribution in [3.8, 4) is 23.0 Å². The van der Waals surface area contributed by atoms with E-state index in [0.29, 0.717) is 30.8 Å². The standard InChI is InChI=1S/C27H27ClN2O7/c1-13-9-14(29-8-7-16-17-11-15(34-2)5-6-18(17)30-26(16)33)10-21(31)27(13)25(32)22-19(35-3)12-20(36-4)23(28)24(22)37-27/h5-6,10-13,16,29H,7-9H2,1-4H3,(H,30,33). The highest BCUT2D eigenvalue weighted by atomic mass is 35.5. The molecule has 0 saturated carbocycles. The smallest absolute Gasteiger partial charge is 0.236 e. The molecule has 2 heterocycles. The first kappa shape index (κ1) is 25.0. The number of hydrogen-bond donors (Lipinski definition) is 2. The normalized spacial score (nSPS) is 23.7. The van der Waals surface area contributed by atoms with Crippen LogP contribution in [-0.4, -0.2) is 50.9 Å². The second kappa shape index (κ2) is 9.30. The van der Waals surface area contributed by atoms with Gasteiger partial charge in [-0.2, -0.15) is 0 Å². The van der Waals surface area contributed by atoms with Crippen molar-refractivity contribution in [2.75, 3.05) is 33.2 Å². The van der Waals surface area contributed by atoms with Crippen LogP contribution in [0.1, 0.15) is 41.6 Å². The molecule has 0 aromatic heterocycles. The summed E-state index contributed by atoms with van der Waals surface area (Å²) in [5, 5.41) is 6.28. The van der Waals surface area contributed by atoms with Gasteiger partial charge in [0.15, 0.2) is 5.75 Å². The van der Waals surface area contributed by atoms with Crippen LogP contribution in [0.15, 0.2) is 36.0 Å². The van der Waals surface area contributed by atoms with Gasteiger partial charge < -0.3 is 29.6 Å². The van der Waals surface area contributed by atoms with Crippen molar-refractivity contribution in [3.05, 3.63) is 52.2 Å². The van der Waals surface area contributed by atoms with E-state index in [9.17, 15) is 14.4 Å². The van der Waals surface area contributed by atoms with Crippen LogP contribution in [0.2, 0.25) is 5.02 Å². The van der Waals surface area contributed by atoms with E-state index in [1.807, 2.05) is 12.1 Å². The highest BCUT2D eigenvalue weighted by molar-refractivity contribution is 6.36. The third-order valence-corrected chi connectivity index (χ3v) is 7.66. The number of benzene rings is 2. The first-order valence-corrected chi connectivity index (χ1v) is 12.3. The number of amides is 1. The number of ether oxygens (including phenoxy) is 4. The molecule has 0 bridgehead atoms. The van der Waals surface area contributed by atoms with Crippen LogP contribution in [0, 0.1) is 5.92 Å². The third kappa shape index (κ3) is 3.80. The molecule has 3 aliphatic rings. The zero-order chi connectivity index (χ0) is 26.5. The molecule has 194 valence electrons. The van der Waals surface area contributed by atoms with Gasteiger partial charge in [-0.3, -0.25) is 14.4 Å². The second-order valence-corrected chi connectivity index (χ2v) is 9.69. The second-order valence-electron chi connectivity index (χ2n) is 9.32. The molecule has 9 nitrogen and oxygen atoms in total. The lowest BCUT2D eigenvalue weighted by molar-refractivity contribution is -0.129. The van der Waals surface area contributed by atoms with E-state index in [1.165, 1.54) is 26.4 Å². The number of ketones is 2. The maximum absolute atomic E-state index is 13.6. The molecule has 0 saturated heterocycles. The van der Waals surface area contributed by atoms with E-state index in [1.54, 1.807) is 20.1 Å². The van der Waals surface area contributed by atoms with Gasteiger partial charge in [0, 0.05) is 36.0 Å². The third-order valence-electron chi connectivity index (χ3n) is 7.30. The molecular weight excluding hydrogens is 500 g/mol. The fourth-order valence-corrected chi connectivity index (χ4v) is 5.61. The molecular formula is C27H27ClN2O7. The van der Waals surface area contributed by atoms with E-state index < -0.39 is 23.1 Å². The van der Waals surface area contributed by atoms with Crippen LogP contribution in [0.3, 0.4) is 0 Å². The fourth-order valence-electron chi connectivity index (χ4n) is 5.35. The SMILES string of the molecule is COc1ccc2c(c1)C(CCNC1=CC(=O)C3(Oc4c(Cl)c(OC)cc(OC)c4C3=O)C(C)C1)C(=O)N2. The Kier molecular flexibility index (Phi) is 6.27. The van der Waals surface area contributed by atoms with Crippen LogP contribution < -0.4 is 29.6 Å². The van der Waals surface area contributed by atoms with Crippen LogP contribution in [-0.2, 0) is 9.59 Å². The average molecular weight is 527 g/mol. The van der Waals surface area contributed by atoms with Crippen molar-refractivity contribution in [2.45, 2.75) is 31.3 Å². The number of carbonyl (C=O) groups is 3. The Morgan fingerprint density at radius 3 is 2.54 bits per heavy atom. The Morgan fingerprint density at radius 1 is 1.11 bits per heavy atom. The van der Waals surface area contributed by atoms with Gasteiger partial charge in [0.05, 0.1) is 27.2 Å². The minimum atomic E-state index is -1.72. The first-order chi connectivity index (χ1) is 17.7. The summed E-state index contributed by atoms with van der Waals surface area (Å²) in [6.07, 6.45) is 2.32. The fraction of sp³-hybridized carbons (Fsp3) is 0.370. The number of nitrogens with one attached hydrogen (secondary N) is 2. The predicted octanol–water partition coefficient (Wildman–Crippen LogP) is 3.89. The van der Waals surface area contributed by atoms with Gasteiger partial charge in [-0.1, -0.05) is 18.5 Å². The minimum Gasteiger partial charge on any atom is -0.497 e. The van der Waals surface area contributed by atoms with Gasteiger partial charge in [0.1, 0.15) is 27.8 Å². The molecule has 0 fully saturated rings. The molecule has 37 heavy (non-hydrogen) atoms. The van der Waals surface area contributed by atoms with E-state index in [2.05, 4.69) is 10.6 Å². The number of fused-ring (bicyclic) bond motifs is 2. The van der Waals surface area contributed by atoms with Gasteiger partial charge in [0.25, 0.3) is 0 Å². The molecule has 0 radical (unpaired) electrons. The Bertz CT molecular complexity index is 1350. The largest absolute Gasteiger partial charge is 0.497 e. The van der Waals surface area contributed by atoms with Crippen LogP contribution in [0.25, 0.3) is 0 Å². The van der Waals surface area contributed by atoms with Crippen LogP contribution >= 0.6 is 11.6 Å². The van der Waals surface area contributed by atoms with Gasteiger partial charge in [-0.25, -0.2) is 0 Å². The van der Waals surface area contributed by atoms with Crippen LogP contribution in [0.4, 0.5) is 5.69 Å². The van der Waals surface area contributed by atoms with Crippen molar-refractivity contribution >= 4 is 34.8 Å². The highest BCUT2D eigenvalue weighted by Crippen LogP contribution is 2.53. The molecule has 2 aliphatic heterocycles. The Balaban J connectivity index is 1.33. The molecule has 1 spiro atoms. The molecule has 10 heteroatoms. The zero-order valence-corrected chi connectivity index (χ0v) is 21.7. The maximum atomic E-state index is 13.6. The van der Waals surface area contributed by atoms with E-state index in [4.69, 9.17) is 30.5 Å². The van der Waals surface area contributed by atoms with Gasteiger partial charge in [0.2, 0.25) is 23.1 Å². The summed E-state index contributed by atoms with van der Waals surface area (Å²) in [6, 6.07) is 7.01. The van der Waals surface area contributed by atoms with E-state index >= 15 is 0 Å². The van der Waals surface area contributed by atoms with Gasteiger partial charge in [-0.05, 0) is 36.6 Å². The molecule has 1 amide bonds. The molecule has 3 atom stereocenters. The summed E-state index contributed by atoms with van der Waals surface area (Å²) in [6.45, 7) is 2.25. The number of allylic oxidation sites excluding steroid dienone is 1. The summed E-state index contributed by atoms with van der Waals surface area (Å²) in [5.74, 6) is -0.553. The number of hydrogen-bond acceptors (Lipinski definition) is 8. The number of carbonyl (C=O) groups excluding carboxylic acids is 3. The summed E-state index contributed by atoms with van der Waals surface area (Å²) in [4.78, 5) is 39.6. The molecule has 5 rings (SSSR count). The van der Waals surface area contributed by atoms with Crippen molar-refractivity contribution in [1.82, 2.24) is 5.32 Å². The predicted molar refractivity (Wildman–Crippen MR) is 136 cm³/mol. The Morgan fingerprint density at radius 2 is 1.86 bits per heavy atom. The van der Waals surface area contributed by atoms with Crippen LogP contribution in [0.5, 0.6) is 23.0 Å². The molecule has 3 unspecified atom stereocenters. The number of Topliss-reactive ketones (excluding diaryl/α,β-unsaturated/α-hetero) is 1. The topological polar surface area (TPSA) is 112 Å². The lowest BCUT2D eigenvalue weighted by atomic mass is 9.74. The lowest BCUT2D eigenvalue weighted by Gasteiger charge is -2.35.